The number of anilines is 1. The number of ether oxygens (including phenoxy) is 3. The first-order valence-electron chi connectivity index (χ1n) is 10.0. The van der Waals surface area contributed by atoms with E-state index in [4.69, 9.17) is 14.2 Å². The highest BCUT2D eigenvalue weighted by Crippen LogP contribution is 2.26. The zero-order chi connectivity index (χ0) is 23.7. The molecule has 0 saturated carbocycles. The molecule has 0 spiro atoms. The maximum Gasteiger partial charge on any atom is 0.258 e. The Bertz CT molecular complexity index is 943. The van der Waals surface area contributed by atoms with Gasteiger partial charge in [0.2, 0.25) is 11.8 Å². The Labute approximate surface area is 187 Å². The van der Waals surface area contributed by atoms with Crippen LogP contribution in [0, 0.1) is 0 Å². The maximum absolute atomic E-state index is 13.1. The molecule has 2 aromatic rings. The summed E-state index contributed by atoms with van der Waals surface area (Å²) in [4.78, 5) is 39.0. The van der Waals surface area contributed by atoms with E-state index in [1.807, 2.05) is 0 Å². The molecule has 2 N–H and O–H groups in total. The van der Waals surface area contributed by atoms with Crippen LogP contribution in [0.1, 0.15) is 24.2 Å². The molecule has 0 unspecified atom stereocenters. The van der Waals surface area contributed by atoms with Crippen LogP contribution in [0.4, 0.5) is 5.69 Å². The number of methoxy groups -OCH3 is 3. The molecule has 0 saturated heterocycles. The Kier molecular flexibility index (Phi) is 8.88. The smallest absolute Gasteiger partial charge is 0.258 e. The van der Waals surface area contributed by atoms with Crippen molar-refractivity contribution in [3.05, 3.63) is 48.0 Å². The molecule has 172 valence electrons. The zero-order valence-electron chi connectivity index (χ0n) is 18.9. The van der Waals surface area contributed by atoms with Crippen molar-refractivity contribution >= 4 is 23.4 Å². The van der Waals surface area contributed by atoms with E-state index in [9.17, 15) is 14.4 Å². The number of rotatable bonds is 10. The van der Waals surface area contributed by atoms with Gasteiger partial charge in [0.1, 0.15) is 23.8 Å². The van der Waals surface area contributed by atoms with Crippen LogP contribution in [-0.2, 0) is 9.59 Å². The van der Waals surface area contributed by atoms with E-state index in [1.54, 1.807) is 63.4 Å². The van der Waals surface area contributed by atoms with Gasteiger partial charge in [0, 0.05) is 17.8 Å². The predicted octanol–water partition coefficient (Wildman–Crippen LogP) is 2.32. The highest BCUT2D eigenvalue weighted by Gasteiger charge is 2.24. The SMILES string of the molecule is COc1ccc(NC(=O)CNC(=O)CN(C(=O)c2ccc(OC)cc2OC)C(C)C)cc1. The van der Waals surface area contributed by atoms with Crippen molar-refractivity contribution in [1.29, 1.82) is 0 Å². The zero-order valence-corrected chi connectivity index (χ0v) is 18.9. The summed E-state index contributed by atoms with van der Waals surface area (Å²) < 4.78 is 15.5. The van der Waals surface area contributed by atoms with Crippen LogP contribution in [0.3, 0.4) is 0 Å². The standard InChI is InChI=1S/C23H29N3O6/c1-15(2)26(23(29)19-11-10-18(31-4)12-20(19)32-5)14-22(28)24-13-21(27)25-16-6-8-17(30-3)9-7-16/h6-12,15H,13-14H2,1-5H3,(H,24,28)(H,25,27). The van der Waals surface area contributed by atoms with Crippen molar-refractivity contribution in [2.24, 2.45) is 0 Å². The van der Waals surface area contributed by atoms with E-state index in [-0.39, 0.29) is 30.9 Å². The van der Waals surface area contributed by atoms with E-state index in [0.29, 0.717) is 28.5 Å². The second-order valence-corrected chi connectivity index (χ2v) is 7.15. The van der Waals surface area contributed by atoms with Gasteiger partial charge in [-0.3, -0.25) is 14.4 Å². The minimum atomic E-state index is -0.454. The average molecular weight is 444 g/mol. The molecule has 0 aromatic heterocycles. The van der Waals surface area contributed by atoms with Gasteiger partial charge in [0.25, 0.3) is 5.91 Å². The Hall–Kier alpha value is -3.75. The number of nitrogens with one attached hydrogen (secondary N) is 2. The summed E-state index contributed by atoms with van der Waals surface area (Å²) >= 11 is 0. The highest BCUT2D eigenvalue weighted by atomic mass is 16.5. The summed E-state index contributed by atoms with van der Waals surface area (Å²) in [6, 6.07) is 11.4. The van der Waals surface area contributed by atoms with Gasteiger partial charge in [-0.1, -0.05) is 0 Å². The topological polar surface area (TPSA) is 106 Å². The van der Waals surface area contributed by atoms with Crippen LogP contribution in [0.2, 0.25) is 0 Å². The number of hydrogen-bond acceptors (Lipinski definition) is 6. The molecule has 3 amide bonds. The Balaban J connectivity index is 1.97. The van der Waals surface area contributed by atoms with E-state index in [2.05, 4.69) is 10.6 Å². The number of benzene rings is 2. The lowest BCUT2D eigenvalue weighted by atomic mass is 10.1. The first-order valence-corrected chi connectivity index (χ1v) is 10.0. The molecule has 2 rings (SSSR count). The van der Waals surface area contributed by atoms with Gasteiger partial charge in [-0.2, -0.15) is 0 Å². The molecule has 0 aliphatic rings. The minimum Gasteiger partial charge on any atom is -0.497 e. The lowest BCUT2D eigenvalue weighted by molar-refractivity contribution is -0.124. The Morgan fingerprint density at radius 2 is 1.50 bits per heavy atom. The first kappa shape index (κ1) is 24.5. The highest BCUT2D eigenvalue weighted by molar-refractivity contribution is 6.00. The molecule has 0 aliphatic heterocycles. The summed E-state index contributed by atoms with van der Waals surface area (Å²) in [5.74, 6) is 0.363. The molecule has 32 heavy (non-hydrogen) atoms. The van der Waals surface area contributed by atoms with Crippen molar-refractivity contribution in [1.82, 2.24) is 10.2 Å². The molecule has 9 nitrogen and oxygen atoms in total. The molecule has 9 heteroatoms. The van der Waals surface area contributed by atoms with E-state index < -0.39 is 5.91 Å². The second kappa shape index (κ2) is 11.6. The third-order valence-electron chi connectivity index (χ3n) is 4.66. The Morgan fingerprint density at radius 3 is 2.06 bits per heavy atom. The summed E-state index contributed by atoms with van der Waals surface area (Å²) in [6.45, 7) is 3.17. The number of amides is 3. The lowest BCUT2D eigenvalue weighted by Gasteiger charge is -2.27. The molecular formula is C23H29N3O6. The van der Waals surface area contributed by atoms with Gasteiger partial charge in [0.05, 0.1) is 33.4 Å². The third-order valence-corrected chi connectivity index (χ3v) is 4.66. The summed E-state index contributed by atoms with van der Waals surface area (Å²) in [7, 11) is 4.53. The molecule has 0 bridgehead atoms. The van der Waals surface area contributed by atoms with Crippen LogP contribution in [-0.4, -0.2) is 63.1 Å². The first-order chi connectivity index (χ1) is 15.3. The number of hydrogen-bond donors (Lipinski definition) is 2. The average Bonchev–Trinajstić information content (AvgIpc) is 2.80. The molecule has 0 atom stereocenters. The second-order valence-electron chi connectivity index (χ2n) is 7.15. The van der Waals surface area contributed by atoms with Gasteiger partial charge in [0.15, 0.2) is 0 Å². The number of nitrogens with zero attached hydrogens (tertiary/aromatic N) is 1. The normalized spacial score (nSPS) is 10.3. The van der Waals surface area contributed by atoms with Crippen molar-refractivity contribution in [3.63, 3.8) is 0 Å². The fraction of sp³-hybridized carbons (Fsp3) is 0.348. The fourth-order valence-corrected chi connectivity index (χ4v) is 2.89. The summed E-state index contributed by atoms with van der Waals surface area (Å²) in [6.07, 6.45) is 0. The van der Waals surface area contributed by atoms with E-state index in [0.717, 1.165) is 0 Å². The summed E-state index contributed by atoms with van der Waals surface area (Å²) in [5.41, 5.74) is 0.891. The molecule has 0 radical (unpaired) electrons. The van der Waals surface area contributed by atoms with Gasteiger partial charge in [-0.15, -0.1) is 0 Å². The summed E-state index contributed by atoms with van der Waals surface area (Å²) in [5, 5.41) is 5.22. The predicted molar refractivity (Wildman–Crippen MR) is 120 cm³/mol. The lowest BCUT2D eigenvalue weighted by Crippen LogP contribution is -2.45. The molecule has 0 aliphatic carbocycles. The van der Waals surface area contributed by atoms with Crippen molar-refractivity contribution in [3.8, 4) is 17.2 Å². The third kappa shape index (κ3) is 6.63. The van der Waals surface area contributed by atoms with E-state index >= 15 is 0 Å². The van der Waals surface area contributed by atoms with Gasteiger partial charge < -0.3 is 29.7 Å². The minimum absolute atomic E-state index is 0.207. The molecule has 0 heterocycles. The van der Waals surface area contributed by atoms with Crippen molar-refractivity contribution < 1.29 is 28.6 Å². The van der Waals surface area contributed by atoms with E-state index in [1.165, 1.54) is 19.1 Å². The monoisotopic (exact) mass is 443 g/mol. The van der Waals surface area contributed by atoms with Crippen LogP contribution in [0.15, 0.2) is 42.5 Å². The van der Waals surface area contributed by atoms with Crippen LogP contribution in [0.5, 0.6) is 17.2 Å². The number of carbonyl (C=O) groups excluding carboxylic acids is 3. The number of carbonyl (C=O) groups is 3. The van der Waals surface area contributed by atoms with Crippen LogP contribution in [0.25, 0.3) is 0 Å². The van der Waals surface area contributed by atoms with Crippen LogP contribution >= 0.6 is 0 Å². The van der Waals surface area contributed by atoms with Crippen LogP contribution < -0.4 is 24.8 Å². The molecule has 0 fully saturated rings. The molecule has 2 aromatic carbocycles. The van der Waals surface area contributed by atoms with Crippen molar-refractivity contribution in [2.45, 2.75) is 19.9 Å². The Morgan fingerprint density at radius 1 is 0.875 bits per heavy atom. The largest absolute Gasteiger partial charge is 0.497 e. The fourth-order valence-electron chi connectivity index (χ4n) is 2.89. The van der Waals surface area contributed by atoms with Gasteiger partial charge in [-0.05, 0) is 50.2 Å². The maximum atomic E-state index is 13.1. The van der Waals surface area contributed by atoms with Gasteiger partial charge in [-0.25, -0.2) is 0 Å². The molecular weight excluding hydrogens is 414 g/mol. The van der Waals surface area contributed by atoms with Crippen molar-refractivity contribution in [2.75, 3.05) is 39.7 Å². The quantitative estimate of drug-likeness (QED) is 0.584. The van der Waals surface area contributed by atoms with Gasteiger partial charge >= 0.3 is 0 Å².